The van der Waals surface area contributed by atoms with E-state index < -0.39 is 0 Å². The number of hydrogen-bond acceptors (Lipinski definition) is 3. The molecule has 0 aromatic heterocycles. The van der Waals surface area contributed by atoms with Crippen LogP contribution in [0.15, 0.2) is 18.2 Å². The van der Waals surface area contributed by atoms with Gasteiger partial charge in [0, 0.05) is 35.7 Å². The van der Waals surface area contributed by atoms with Crippen LogP contribution in [0.3, 0.4) is 0 Å². The number of hydrogen-bond donors (Lipinski definition) is 1. The maximum atomic E-state index is 12.5. The summed E-state index contributed by atoms with van der Waals surface area (Å²) in [5.74, 6) is 2.42. The Morgan fingerprint density at radius 2 is 1.95 bits per heavy atom. The van der Waals surface area contributed by atoms with Crippen molar-refractivity contribution in [1.29, 1.82) is 0 Å². The number of carbonyl (C=O) groups excluding carboxylic acids is 1. The lowest BCUT2D eigenvalue weighted by molar-refractivity contribution is -0.124. The number of rotatable bonds is 3. The van der Waals surface area contributed by atoms with Crippen LogP contribution >= 0.6 is 23.4 Å². The topological polar surface area (TPSA) is 32.3 Å². The van der Waals surface area contributed by atoms with Crippen LogP contribution in [0.25, 0.3) is 0 Å². The van der Waals surface area contributed by atoms with Gasteiger partial charge < -0.3 is 10.2 Å². The summed E-state index contributed by atoms with van der Waals surface area (Å²) in [4.78, 5) is 14.8. The molecule has 1 aliphatic heterocycles. The second-order valence-electron chi connectivity index (χ2n) is 6.49. The van der Waals surface area contributed by atoms with Crippen molar-refractivity contribution in [3.05, 3.63) is 23.2 Å². The van der Waals surface area contributed by atoms with Crippen molar-refractivity contribution < 1.29 is 4.79 Å². The second-order valence-corrected chi connectivity index (χ2v) is 8.12. The van der Waals surface area contributed by atoms with Crippen molar-refractivity contribution in [2.75, 3.05) is 34.8 Å². The van der Waals surface area contributed by atoms with Gasteiger partial charge in [0.05, 0.1) is 10.7 Å². The average molecular weight is 339 g/mol. The zero-order valence-electron chi connectivity index (χ0n) is 13.0. The fourth-order valence-electron chi connectivity index (χ4n) is 3.31. The first-order valence-corrected chi connectivity index (χ1v) is 9.55. The Morgan fingerprint density at radius 3 is 2.59 bits per heavy atom. The van der Waals surface area contributed by atoms with E-state index in [2.05, 4.69) is 17.1 Å². The molecule has 0 radical (unpaired) electrons. The van der Waals surface area contributed by atoms with Crippen molar-refractivity contribution in [1.82, 2.24) is 0 Å². The standard InChI is InChI=1S/C17H23ClN2OS/c1-17(6-2-3-7-17)16(21)19-13-4-5-15(14(18)12-13)20-8-10-22-11-9-20/h4-5,12H,2-3,6-11H2,1H3,(H,19,21). The van der Waals surface area contributed by atoms with E-state index in [4.69, 9.17) is 11.6 Å². The van der Waals surface area contributed by atoms with E-state index in [1.807, 2.05) is 30.0 Å². The Kier molecular flexibility index (Phi) is 4.88. The molecule has 1 aromatic rings. The van der Waals surface area contributed by atoms with Gasteiger partial charge in [-0.2, -0.15) is 11.8 Å². The molecule has 0 atom stereocenters. The number of benzene rings is 1. The van der Waals surface area contributed by atoms with Gasteiger partial charge in [-0.05, 0) is 31.0 Å². The fraction of sp³-hybridized carbons (Fsp3) is 0.588. The number of carbonyl (C=O) groups is 1. The van der Waals surface area contributed by atoms with E-state index in [0.717, 1.165) is 66.7 Å². The number of nitrogens with one attached hydrogen (secondary N) is 1. The van der Waals surface area contributed by atoms with E-state index in [9.17, 15) is 4.79 Å². The third kappa shape index (κ3) is 3.38. The normalized spacial score (nSPS) is 20.9. The summed E-state index contributed by atoms with van der Waals surface area (Å²) in [6, 6.07) is 5.89. The Balaban J connectivity index is 1.70. The molecule has 1 heterocycles. The minimum Gasteiger partial charge on any atom is -0.369 e. The molecule has 1 N–H and O–H groups in total. The quantitative estimate of drug-likeness (QED) is 0.885. The summed E-state index contributed by atoms with van der Waals surface area (Å²) in [6.45, 7) is 4.14. The highest BCUT2D eigenvalue weighted by Gasteiger charge is 2.36. The minimum absolute atomic E-state index is 0.128. The highest BCUT2D eigenvalue weighted by atomic mass is 35.5. The molecule has 1 aliphatic carbocycles. The first kappa shape index (κ1) is 16.0. The van der Waals surface area contributed by atoms with Gasteiger partial charge in [-0.25, -0.2) is 0 Å². The number of nitrogens with zero attached hydrogens (tertiary/aromatic N) is 1. The second kappa shape index (κ2) is 6.71. The smallest absolute Gasteiger partial charge is 0.230 e. The zero-order valence-corrected chi connectivity index (χ0v) is 14.6. The molecule has 2 fully saturated rings. The summed E-state index contributed by atoms with van der Waals surface area (Å²) >= 11 is 8.42. The van der Waals surface area contributed by atoms with E-state index in [1.165, 1.54) is 0 Å². The van der Waals surface area contributed by atoms with Gasteiger partial charge in [-0.15, -0.1) is 0 Å². The predicted molar refractivity (Wildman–Crippen MR) is 96.2 cm³/mol. The fourth-order valence-corrected chi connectivity index (χ4v) is 4.51. The molecule has 22 heavy (non-hydrogen) atoms. The van der Waals surface area contributed by atoms with Crippen molar-refractivity contribution in [2.45, 2.75) is 32.6 Å². The summed E-state index contributed by atoms with van der Waals surface area (Å²) < 4.78 is 0. The van der Waals surface area contributed by atoms with Crippen LogP contribution in [0.4, 0.5) is 11.4 Å². The van der Waals surface area contributed by atoms with Crippen molar-refractivity contribution in [2.24, 2.45) is 5.41 Å². The van der Waals surface area contributed by atoms with E-state index in [0.29, 0.717) is 0 Å². The van der Waals surface area contributed by atoms with Gasteiger partial charge in [0.1, 0.15) is 0 Å². The number of amides is 1. The zero-order chi connectivity index (χ0) is 15.6. The van der Waals surface area contributed by atoms with Gasteiger partial charge in [0.2, 0.25) is 5.91 Å². The van der Waals surface area contributed by atoms with Crippen LogP contribution in [-0.4, -0.2) is 30.5 Å². The van der Waals surface area contributed by atoms with Crippen LogP contribution in [0.2, 0.25) is 5.02 Å². The molecule has 1 amide bonds. The summed E-state index contributed by atoms with van der Waals surface area (Å²) in [5, 5.41) is 3.77. The summed E-state index contributed by atoms with van der Waals surface area (Å²) in [5.41, 5.74) is 1.67. The average Bonchev–Trinajstić information content (AvgIpc) is 2.96. The van der Waals surface area contributed by atoms with Crippen LogP contribution in [-0.2, 0) is 4.79 Å². The predicted octanol–water partition coefficient (Wildman–Crippen LogP) is 4.41. The number of halogens is 1. The number of thioether (sulfide) groups is 1. The molecule has 3 nitrogen and oxygen atoms in total. The third-order valence-electron chi connectivity index (χ3n) is 4.81. The lowest BCUT2D eigenvalue weighted by Crippen LogP contribution is -2.33. The third-order valence-corrected chi connectivity index (χ3v) is 6.06. The van der Waals surface area contributed by atoms with Gasteiger partial charge in [-0.1, -0.05) is 31.4 Å². The lowest BCUT2D eigenvalue weighted by atomic mass is 9.88. The molecule has 0 unspecified atom stereocenters. The lowest BCUT2D eigenvalue weighted by Gasteiger charge is -2.29. The monoisotopic (exact) mass is 338 g/mol. The Bertz CT molecular complexity index is 552. The molecule has 0 spiro atoms. The SMILES string of the molecule is CC1(C(=O)Nc2ccc(N3CCSCC3)c(Cl)c2)CCCC1. The highest BCUT2D eigenvalue weighted by molar-refractivity contribution is 7.99. The molecule has 1 saturated heterocycles. The van der Waals surface area contributed by atoms with Crippen LogP contribution < -0.4 is 10.2 Å². The van der Waals surface area contributed by atoms with Gasteiger partial charge in [0.25, 0.3) is 0 Å². The Labute approximate surface area is 141 Å². The maximum Gasteiger partial charge on any atom is 0.230 e. The number of anilines is 2. The molecular formula is C17H23ClN2OS. The van der Waals surface area contributed by atoms with Crippen LogP contribution in [0, 0.1) is 5.41 Å². The molecule has 0 bridgehead atoms. The van der Waals surface area contributed by atoms with Crippen LogP contribution in [0.1, 0.15) is 32.6 Å². The van der Waals surface area contributed by atoms with Crippen LogP contribution in [0.5, 0.6) is 0 Å². The summed E-state index contributed by atoms with van der Waals surface area (Å²) in [7, 11) is 0. The highest BCUT2D eigenvalue weighted by Crippen LogP contribution is 2.39. The first-order chi connectivity index (χ1) is 10.6. The van der Waals surface area contributed by atoms with Crippen molar-refractivity contribution in [3.8, 4) is 0 Å². The van der Waals surface area contributed by atoms with E-state index >= 15 is 0 Å². The largest absolute Gasteiger partial charge is 0.369 e. The van der Waals surface area contributed by atoms with E-state index in [-0.39, 0.29) is 11.3 Å². The Morgan fingerprint density at radius 1 is 1.27 bits per heavy atom. The molecule has 1 saturated carbocycles. The molecule has 120 valence electrons. The molecule has 2 aliphatic rings. The summed E-state index contributed by atoms with van der Waals surface area (Å²) in [6.07, 6.45) is 4.26. The minimum atomic E-state index is -0.213. The first-order valence-electron chi connectivity index (χ1n) is 8.02. The van der Waals surface area contributed by atoms with Gasteiger partial charge in [-0.3, -0.25) is 4.79 Å². The van der Waals surface area contributed by atoms with E-state index in [1.54, 1.807) is 0 Å². The molecule has 3 rings (SSSR count). The maximum absolute atomic E-state index is 12.5. The van der Waals surface area contributed by atoms with Gasteiger partial charge >= 0.3 is 0 Å². The van der Waals surface area contributed by atoms with Gasteiger partial charge in [0.15, 0.2) is 0 Å². The molecule has 5 heteroatoms. The van der Waals surface area contributed by atoms with Crippen molar-refractivity contribution >= 4 is 40.6 Å². The van der Waals surface area contributed by atoms with Crippen molar-refractivity contribution in [3.63, 3.8) is 0 Å². The molecular weight excluding hydrogens is 316 g/mol. The molecule has 1 aromatic carbocycles. The Hall–Kier alpha value is -0.870.